The third-order valence-electron chi connectivity index (χ3n) is 1.56. The van der Waals surface area contributed by atoms with E-state index in [0.717, 1.165) is 12.1 Å². The minimum Gasteiger partial charge on any atom is -0.486 e. The summed E-state index contributed by atoms with van der Waals surface area (Å²) in [7, 11) is 0. The molecule has 0 atom stereocenters. The summed E-state index contributed by atoms with van der Waals surface area (Å²) in [6.07, 6.45) is -2.69. The Morgan fingerprint density at radius 3 is 2.50 bits per heavy atom. The smallest absolute Gasteiger partial charge is 0.291 e. The van der Waals surface area contributed by atoms with Crippen LogP contribution in [0.3, 0.4) is 0 Å². The second-order valence-corrected chi connectivity index (χ2v) is 3.51. The van der Waals surface area contributed by atoms with E-state index in [0.29, 0.717) is 0 Å². The molecule has 4 nitrogen and oxygen atoms in total. The van der Waals surface area contributed by atoms with Gasteiger partial charge in [0.1, 0.15) is 17.4 Å². The van der Waals surface area contributed by atoms with Crippen molar-refractivity contribution in [2.24, 2.45) is 0 Å². The number of nitro groups is 1. The minimum atomic E-state index is -2.69. The van der Waals surface area contributed by atoms with Gasteiger partial charge in [0.2, 0.25) is 0 Å². The molecule has 1 aromatic rings. The van der Waals surface area contributed by atoms with Crippen LogP contribution in [-0.4, -0.2) is 18.0 Å². The SMILES string of the molecule is O=[N+]([O-])c1cc(OCC(F)F)c(Cl)cc1Cl. The van der Waals surface area contributed by atoms with Crippen molar-refractivity contribution in [3.05, 3.63) is 32.3 Å². The first-order chi connectivity index (χ1) is 7.41. The zero-order valence-corrected chi connectivity index (χ0v) is 9.13. The van der Waals surface area contributed by atoms with Crippen LogP contribution < -0.4 is 4.74 Å². The molecule has 8 heteroatoms. The first-order valence-electron chi connectivity index (χ1n) is 3.96. The number of benzene rings is 1. The number of rotatable bonds is 4. The van der Waals surface area contributed by atoms with Gasteiger partial charge in [-0.2, -0.15) is 0 Å². The van der Waals surface area contributed by atoms with Crippen molar-refractivity contribution in [1.29, 1.82) is 0 Å². The van der Waals surface area contributed by atoms with Gasteiger partial charge < -0.3 is 4.74 Å². The molecule has 1 aromatic carbocycles. The molecular weight excluding hydrogens is 267 g/mol. The second kappa shape index (κ2) is 5.27. The molecule has 0 fully saturated rings. The standard InChI is InChI=1S/C8H5Cl2F2NO3/c9-4-1-5(10)7(16-3-8(11)12)2-6(4)13(14)15/h1-2,8H,3H2. The predicted octanol–water partition coefficient (Wildman–Crippen LogP) is 3.55. The molecule has 0 spiro atoms. The van der Waals surface area contributed by atoms with Gasteiger partial charge in [-0.05, 0) is 6.07 Å². The summed E-state index contributed by atoms with van der Waals surface area (Å²) in [4.78, 5) is 9.74. The molecule has 16 heavy (non-hydrogen) atoms. The third kappa shape index (κ3) is 3.18. The second-order valence-electron chi connectivity index (χ2n) is 2.69. The minimum absolute atomic E-state index is 0.0590. The number of hydrogen-bond acceptors (Lipinski definition) is 3. The lowest BCUT2D eigenvalue weighted by Crippen LogP contribution is -2.07. The molecule has 1 rings (SSSR count). The van der Waals surface area contributed by atoms with Gasteiger partial charge in [0.15, 0.2) is 0 Å². The van der Waals surface area contributed by atoms with Crippen molar-refractivity contribution in [3.63, 3.8) is 0 Å². The number of nitro benzene ring substituents is 1. The van der Waals surface area contributed by atoms with Crippen molar-refractivity contribution in [3.8, 4) is 5.75 Å². The number of ether oxygens (including phenoxy) is 1. The maximum atomic E-state index is 11.9. The molecule has 0 radical (unpaired) electrons. The summed E-state index contributed by atoms with van der Waals surface area (Å²) >= 11 is 11.1. The molecule has 0 bridgehead atoms. The highest BCUT2D eigenvalue weighted by atomic mass is 35.5. The number of alkyl halides is 2. The van der Waals surface area contributed by atoms with Gasteiger partial charge in [-0.1, -0.05) is 23.2 Å². The molecule has 0 aliphatic heterocycles. The van der Waals surface area contributed by atoms with Crippen molar-refractivity contribution in [2.45, 2.75) is 6.43 Å². The van der Waals surface area contributed by atoms with Crippen molar-refractivity contribution >= 4 is 28.9 Å². The Morgan fingerprint density at radius 1 is 1.38 bits per heavy atom. The molecule has 0 amide bonds. The topological polar surface area (TPSA) is 52.4 Å². The van der Waals surface area contributed by atoms with Gasteiger partial charge >= 0.3 is 0 Å². The van der Waals surface area contributed by atoms with Gasteiger partial charge in [-0.15, -0.1) is 0 Å². The lowest BCUT2D eigenvalue weighted by molar-refractivity contribution is -0.384. The maximum absolute atomic E-state index is 11.9. The molecule has 0 saturated heterocycles. The number of nitrogens with zero attached hydrogens (tertiary/aromatic N) is 1. The Labute approximate surface area is 98.9 Å². The largest absolute Gasteiger partial charge is 0.486 e. The summed E-state index contributed by atoms with van der Waals surface area (Å²) < 4.78 is 28.3. The quantitative estimate of drug-likeness (QED) is 0.622. The average molecular weight is 272 g/mol. The number of halogens is 4. The summed E-state index contributed by atoms with van der Waals surface area (Å²) in [6, 6.07) is 1.98. The molecule has 88 valence electrons. The van der Waals surface area contributed by atoms with Crippen molar-refractivity contribution in [1.82, 2.24) is 0 Å². The van der Waals surface area contributed by atoms with E-state index in [1.807, 2.05) is 0 Å². The molecule has 0 unspecified atom stereocenters. The van der Waals surface area contributed by atoms with Gasteiger partial charge in [0.25, 0.3) is 12.1 Å². The average Bonchev–Trinajstić information content (AvgIpc) is 2.15. The van der Waals surface area contributed by atoms with Crippen LogP contribution in [0.4, 0.5) is 14.5 Å². The van der Waals surface area contributed by atoms with E-state index >= 15 is 0 Å². The van der Waals surface area contributed by atoms with Crippen LogP contribution in [0.5, 0.6) is 5.75 Å². The van der Waals surface area contributed by atoms with Crippen molar-refractivity contribution < 1.29 is 18.4 Å². The Hall–Kier alpha value is -1.14. The lowest BCUT2D eigenvalue weighted by Gasteiger charge is -2.07. The van der Waals surface area contributed by atoms with Crippen LogP contribution in [0.2, 0.25) is 10.0 Å². The summed E-state index contributed by atoms with van der Waals surface area (Å²) in [5.41, 5.74) is -0.449. The van der Waals surface area contributed by atoms with Crippen LogP contribution >= 0.6 is 23.2 Å². The normalized spacial score (nSPS) is 10.6. The van der Waals surface area contributed by atoms with E-state index in [-0.39, 0.29) is 15.8 Å². The lowest BCUT2D eigenvalue weighted by atomic mass is 10.3. The van der Waals surface area contributed by atoms with Crippen LogP contribution in [-0.2, 0) is 0 Å². The van der Waals surface area contributed by atoms with Crippen LogP contribution in [0.1, 0.15) is 0 Å². The van der Waals surface area contributed by atoms with E-state index in [9.17, 15) is 18.9 Å². The molecule has 0 aliphatic carbocycles. The first kappa shape index (κ1) is 12.9. The van der Waals surface area contributed by atoms with E-state index < -0.39 is 23.6 Å². The van der Waals surface area contributed by atoms with Gasteiger partial charge in [-0.3, -0.25) is 10.1 Å². The Kier molecular flexibility index (Phi) is 4.26. The van der Waals surface area contributed by atoms with Gasteiger partial charge in [-0.25, -0.2) is 8.78 Å². The molecule has 0 heterocycles. The third-order valence-corrected chi connectivity index (χ3v) is 2.16. The van der Waals surface area contributed by atoms with E-state index in [1.54, 1.807) is 0 Å². The zero-order chi connectivity index (χ0) is 12.3. The fraction of sp³-hybridized carbons (Fsp3) is 0.250. The summed E-state index contributed by atoms with van der Waals surface area (Å²) in [5, 5.41) is 10.3. The Morgan fingerprint density at radius 2 is 2.00 bits per heavy atom. The maximum Gasteiger partial charge on any atom is 0.291 e. The fourth-order valence-electron chi connectivity index (χ4n) is 0.922. The van der Waals surface area contributed by atoms with Gasteiger partial charge in [0, 0.05) is 0 Å². The molecule has 0 aliphatic rings. The van der Waals surface area contributed by atoms with Crippen LogP contribution in [0, 0.1) is 10.1 Å². The van der Waals surface area contributed by atoms with Crippen molar-refractivity contribution in [2.75, 3.05) is 6.61 Å². The summed E-state index contributed by atoms with van der Waals surface area (Å²) in [6.45, 7) is -0.890. The molecular formula is C8H5Cl2F2NO3. The molecule has 0 N–H and O–H groups in total. The van der Waals surface area contributed by atoms with Crippen LogP contribution in [0.15, 0.2) is 12.1 Å². The first-order valence-corrected chi connectivity index (χ1v) is 4.71. The Bertz CT molecular complexity index is 415. The monoisotopic (exact) mass is 271 g/mol. The number of hydrogen-bond donors (Lipinski definition) is 0. The summed E-state index contributed by atoms with van der Waals surface area (Å²) in [5.74, 6) is -0.196. The highest BCUT2D eigenvalue weighted by Gasteiger charge is 2.17. The van der Waals surface area contributed by atoms with E-state index in [2.05, 4.69) is 4.74 Å². The van der Waals surface area contributed by atoms with E-state index in [4.69, 9.17) is 23.2 Å². The fourth-order valence-corrected chi connectivity index (χ4v) is 1.43. The molecule has 0 aromatic heterocycles. The van der Waals surface area contributed by atoms with Gasteiger partial charge in [0.05, 0.1) is 16.0 Å². The Balaban J connectivity index is 3.00. The highest BCUT2D eigenvalue weighted by Crippen LogP contribution is 2.35. The molecule has 0 saturated carbocycles. The van der Waals surface area contributed by atoms with E-state index in [1.165, 1.54) is 0 Å². The van der Waals surface area contributed by atoms with Crippen LogP contribution in [0.25, 0.3) is 0 Å². The highest BCUT2D eigenvalue weighted by molar-refractivity contribution is 6.36. The predicted molar refractivity (Wildman–Crippen MR) is 54.6 cm³/mol. The zero-order valence-electron chi connectivity index (χ0n) is 7.62.